The van der Waals surface area contributed by atoms with E-state index in [-0.39, 0.29) is 67.5 Å². The van der Waals surface area contributed by atoms with E-state index in [4.69, 9.17) is 19.0 Å². The number of carboxylic acid groups (broad SMARTS) is 1. The zero-order chi connectivity index (χ0) is 47.8. The van der Waals surface area contributed by atoms with E-state index in [1.165, 1.54) is 42.6 Å². The van der Waals surface area contributed by atoms with Gasteiger partial charge in [0.15, 0.2) is 0 Å². The molecule has 0 radical (unpaired) electrons. The maximum absolute atomic E-state index is 13.1. The van der Waals surface area contributed by atoms with Gasteiger partial charge in [0, 0.05) is 49.8 Å². The predicted molar refractivity (Wildman–Crippen MR) is 232 cm³/mol. The Bertz CT molecular complexity index is 2080. The van der Waals surface area contributed by atoms with Crippen molar-refractivity contribution in [2.75, 3.05) is 17.9 Å². The zero-order valence-corrected chi connectivity index (χ0v) is 39.4. The fraction of sp³-hybridized carbons (Fsp3) is 0.614. The van der Waals surface area contributed by atoms with Gasteiger partial charge in [-0.15, -0.1) is 5.06 Å². The van der Waals surface area contributed by atoms with E-state index in [1.54, 1.807) is 55.4 Å². The topological polar surface area (TPSA) is 246 Å². The Hall–Kier alpha value is -5.14. The lowest BCUT2D eigenvalue weighted by Gasteiger charge is -2.32. The minimum Gasteiger partial charge on any atom is -0.488 e. The van der Waals surface area contributed by atoms with Crippen LogP contribution in [0.15, 0.2) is 47.5 Å². The first kappa shape index (κ1) is 52.2. The quantitative estimate of drug-likeness (QED) is 0.0924. The molecule has 18 nitrogen and oxygen atoms in total. The first-order valence-electron chi connectivity index (χ1n) is 20.7. The van der Waals surface area contributed by atoms with Gasteiger partial charge in [0.25, 0.3) is 27.7 Å². The number of rotatable bonds is 24. The summed E-state index contributed by atoms with van der Waals surface area (Å²) in [4.78, 5) is 82.6. The molecule has 1 saturated heterocycles. The Morgan fingerprint density at radius 3 is 1.76 bits per heavy atom. The molecule has 1 aromatic heterocycles. The number of amides is 4. The molecule has 3 rings (SSSR count). The number of carbonyl (C=O) groups is 6. The number of aromatic nitrogens is 1. The van der Waals surface area contributed by atoms with Gasteiger partial charge in [0.2, 0.25) is 5.91 Å². The van der Waals surface area contributed by atoms with Crippen molar-refractivity contribution in [3.8, 4) is 5.75 Å². The summed E-state index contributed by atoms with van der Waals surface area (Å²) in [6.45, 7) is 21.4. The zero-order valence-electron chi connectivity index (χ0n) is 38.6. The summed E-state index contributed by atoms with van der Waals surface area (Å²) < 4.78 is 46.6. The van der Waals surface area contributed by atoms with Crippen LogP contribution < -0.4 is 20.1 Å². The number of pyridine rings is 1. The monoisotopic (exact) mass is 903 g/mol. The summed E-state index contributed by atoms with van der Waals surface area (Å²) in [5, 5.41) is 15.9. The number of benzene rings is 1. The molecule has 0 bridgehead atoms. The molecule has 19 heteroatoms. The molecule has 0 saturated carbocycles. The number of hydroxylamine groups is 2. The van der Waals surface area contributed by atoms with Gasteiger partial charge in [0.05, 0.1) is 39.9 Å². The van der Waals surface area contributed by atoms with Crippen LogP contribution in [-0.4, -0.2) is 100 Å². The van der Waals surface area contributed by atoms with E-state index < -0.39 is 73.0 Å². The van der Waals surface area contributed by atoms with Crippen molar-refractivity contribution in [2.24, 2.45) is 5.41 Å². The number of anilines is 1. The molecule has 1 aliphatic heterocycles. The van der Waals surface area contributed by atoms with E-state index in [0.717, 1.165) is 0 Å². The molecule has 4 amide bonds. The highest BCUT2D eigenvalue weighted by Gasteiger charge is 2.37. The van der Waals surface area contributed by atoms with Crippen LogP contribution in [0, 0.1) is 5.41 Å². The second-order valence-corrected chi connectivity index (χ2v) is 21.3. The Morgan fingerprint density at radius 2 is 1.25 bits per heavy atom. The van der Waals surface area contributed by atoms with E-state index >= 15 is 0 Å². The minimum absolute atomic E-state index is 0.00170. The van der Waals surface area contributed by atoms with Gasteiger partial charge < -0.3 is 34.8 Å². The maximum atomic E-state index is 13.1. The van der Waals surface area contributed by atoms with E-state index in [2.05, 4.69) is 20.3 Å². The third-order valence-electron chi connectivity index (χ3n) is 9.96. The van der Waals surface area contributed by atoms with E-state index in [0.29, 0.717) is 23.7 Å². The number of nitrogens with one attached hydrogen (secondary N) is 3. The van der Waals surface area contributed by atoms with Crippen molar-refractivity contribution < 1.29 is 61.3 Å². The van der Waals surface area contributed by atoms with Crippen LogP contribution in [0.2, 0.25) is 0 Å². The number of carbonyl (C=O) groups excluding carboxylic acids is 5. The summed E-state index contributed by atoms with van der Waals surface area (Å²) >= 11 is 0. The normalized spacial score (nSPS) is 14.3. The largest absolute Gasteiger partial charge is 0.488 e. The number of hydrogen-bond acceptors (Lipinski definition) is 13. The third-order valence-corrected chi connectivity index (χ3v) is 11.3. The molecule has 4 N–H and O–H groups in total. The summed E-state index contributed by atoms with van der Waals surface area (Å²) in [5.41, 5.74) is -4.89. The fourth-order valence-electron chi connectivity index (χ4n) is 6.69. The number of sulfonamides is 1. The number of aliphatic carboxylic acids is 1. The van der Waals surface area contributed by atoms with E-state index in [9.17, 15) is 42.3 Å². The van der Waals surface area contributed by atoms with Crippen LogP contribution in [0.3, 0.4) is 0 Å². The highest BCUT2D eigenvalue weighted by molar-refractivity contribution is 7.92. The first-order valence-corrected chi connectivity index (χ1v) is 22.2. The van der Waals surface area contributed by atoms with Crippen molar-refractivity contribution in [1.29, 1.82) is 0 Å². The van der Waals surface area contributed by atoms with Gasteiger partial charge in [-0.05, 0) is 132 Å². The summed E-state index contributed by atoms with van der Waals surface area (Å²) in [6, 6.07) is 8.52. The molecule has 0 aliphatic carbocycles. The van der Waals surface area contributed by atoms with Crippen molar-refractivity contribution in [2.45, 2.75) is 161 Å². The molecule has 1 aromatic carbocycles. The lowest BCUT2D eigenvalue weighted by atomic mass is 9.82. The van der Waals surface area contributed by atoms with Gasteiger partial charge in [-0.3, -0.25) is 28.7 Å². The van der Waals surface area contributed by atoms with Crippen molar-refractivity contribution in [3.05, 3.63) is 48.2 Å². The standard InChI is InChI=1S/C44H65N5O13S/c1-39(2,38(55)56)28-44(11,12)61-30-14-16-31(17-15-30)63(57,58)48-32-18-13-29(27-45-32)37(54)47-41(5,6)22-24-59-42(7,8)25-33(50)46-40(3,4)21-23-60-43(9,10)26-36(53)62-49-34(51)19-20-35(49)52/h13-18,27H,19-26,28H2,1-12H3,(H,45,48)(H,46,50)(H,47,54)(H,55,56). The number of hydrogen-bond donors (Lipinski definition) is 4. The van der Waals surface area contributed by atoms with Crippen LogP contribution in [0.25, 0.3) is 0 Å². The molecule has 0 spiro atoms. The average Bonchev–Trinajstić information content (AvgIpc) is 3.41. The van der Waals surface area contributed by atoms with Crippen molar-refractivity contribution in [1.82, 2.24) is 20.7 Å². The van der Waals surface area contributed by atoms with Crippen molar-refractivity contribution >= 4 is 51.4 Å². The molecule has 0 unspecified atom stereocenters. The van der Waals surface area contributed by atoms with Gasteiger partial charge >= 0.3 is 11.9 Å². The number of imide groups is 1. The summed E-state index contributed by atoms with van der Waals surface area (Å²) in [5.74, 6) is -3.16. The SMILES string of the molecule is CC(C)(CCOC(C)(C)CC(=O)ON1C(=O)CCC1=O)NC(=O)CC(C)(C)OCCC(C)(C)NC(=O)c1ccc(NS(=O)(=O)c2ccc(OC(C)(C)CC(C)(C)C(=O)O)cc2)nc1. The molecule has 63 heavy (non-hydrogen) atoms. The van der Waals surface area contributed by atoms with Crippen LogP contribution in [-0.2, 0) is 48.3 Å². The minimum atomic E-state index is -4.05. The van der Waals surface area contributed by atoms with Gasteiger partial charge in [-0.25, -0.2) is 18.2 Å². The van der Waals surface area contributed by atoms with Crippen molar-refractivity contribution in [3.63, 3.8) is 0 Å². The molecule has 350 valence electrons. The predicted octanol–water partition coefficient (Wildman–Crippen LogP) is 5.70. The molecule has 2 aromatic rings. The van der Waals surface area contributed by atoms with Gasteiger partial charge in [-0.2, -0.15) is 0 Å². The maximum Gasteiger partial charge on any atom is 0.336 e. The number of carboxylic acids is 1. The highest BCUT2D eigenvalue weighted by Crippen LogP contribution is 2.32. The summed E-state index contributed by atoms with van der Waals surface area (Å²) in [6.07, 6.45) is 2.13. The van der Waals surface area contributed by atoms with Crippen LogP contribution in [0.4, 0.5) is 5.82 Å². The smallest absolute Gasteiger partial charge is 0.336 e. The second-order valence-electron chi connectivity index (χ2n) is 19.6. The molecular weight excluding hydrogens is 839 g/mol. The Balaban J connectivity index is 1.43. The second kappa shape index (κ2) is 20.1. The molecule has 0 atom stereocenters. The lowest BCUT2D eigenvalue weighted by molar-refractivity contribution is -0.200. The Kier molecular flexibility index (Phi) is 16.7. The lowest BCUT2D eigenvalue weighted by Crippen LogP contribution is -2.47. The third kappa shape index (κ3) is 17.2. The average molecular weight is 904 g/mol. The summed E-state index contributed by atoms with van der Waals surface area (Å²) in [7, 11) is -4.05. The molecular formula is C44H65N5O13S. The van der Waals surface area contributed by atoms with Gasteiger partial charge in [0.1, 0.15) is 17.2 Å². The molecule has 1 fully saturated rings. The van der Waals surface area contributed by atoms with Crippen LogP contribution in [0.5, 0.6) is 5.75 Å². The Morgan fingerprint density at radius 1 is 0.730 bits per heavy atom. The number of nitrogens with zero attached hydrogens (tertiary/aromatic N) is 2. The fourth-order valence-corrected chi connectivity index (χ4v) is 7.69. The first-order chi connectivity index (χ1) is 28.7. The van der Waals surface area contributed by atoms with Crippen LogP contribution >= 0.6 is 0 Å². The number of ether oxygens (including phenoxy) is 3. The molecule has 1 aliphatic rings. The Labute approximate surface area is 370 Å². The van der Waals surface area contributed by atoms with Gasteiger partial charge in [-0.1, -0.05) is 0 Å². The molecule has 2 heterocycles. The van der Waals surface area contributed by atoms with E-state index in [1.807, 2.05) is 27.7 Å². The highest BCUT2D eigenvalue weighted by atomic mass is 32.2. The van der Waals surface area contributed by atoms with Crippen LogP contribution in [0.1, 0.15) is 138 Å².